The molecule has 0 spiro atoms. The Kier molecular flexibility index (Phi) is 3.20. The number of nitrogens with one attached hydrogen (secondary N) is 1. The molecule has 1 aromatic rings. The molecule has 1 fully saturated rings. The minimum atomic E-state index is -0.577. The summed E-state index contributed by atoms with van der Waals surface area (Å²) in [6.07, 6.45) is 1.33. The Hall–Kier alpha value is -2.08. The monoisotopic (exact) mass is 264 g/mol. The van der Waals surface area contributed by atoms with E-state index in [2.05, 4.69) is 5.32 Å². The first-order valence-electron chi connectivity index (χ1n) is 5.09. The highest BCUT2D eigenvalue weighted by Crippen LogP contribution is 2.14. The highest BCUT2D eigenvalue weighted by molar-refractivity contribution is 7.80. The summed E-state index contributed by atoms with van der Waals surface area (Å²) in [5.74, 6) is -1.52. The minimum Gasteiger partial charge on any atom is -0.298 e. The van der Waals surface area contributed by atoms with Crippen LogP contribution < -0.4 is 5.32 Å². The van der Waals surface area contributed by atoms with E-state index < -0.39 is 17.6 Å². The van der Waals surface area contributed by atoms with Crippen LogP contribution in [0.25, 0.3) is 6.08 Å². The highest BCUT2D eigenvalue weighted by Gasteiger charge is 2.30. The maximum absolute atomic E-state index is 13.0. The van der Waals surface area contributed by atoms with Crippen molar-refractivity contribution in [3.8, 4) is 0 Å². The summed E-state index contributed by atoms with van der Waals surface area (Å²) in [6.45, 7) is 0. The number of halogens is 1. The molecule has 0 unspecified atom stereocenters. The van der Waals surface area contributed by atoms with Gasteiger partial charge < -0.3 is 0 Å². The van der Waals surface area contributed by atoms with Gasteiger partial charge in [0.1, 0.15) is 11.4 Å². The van der Waals surface area contributed by atoms with Crippen LogP contribution in [0.3, 0.4) is 0 Å². The van der Waals surface area contributed by atoms with Crippen molar-refractivity contribution in [1.82, 2.24) is 10.2 Å². The standard InChI is InChI=1S/C12H9FN2O2S/c1-15-11(17)9(10(16)14-12(15)18)6-7-3-2-4-8(13)5-7/h2-6H,1H3,(H,14,16,18)/b9-6+. The van der Waals surface area contributed by atoms with Crippen LogP contribution in [0, 0.1) is 5.82 Å². The molecule has 0 aromatic heterocycles. The number of amides is 2. The summed E-state index contributed by atoms with van der Waals surface area (Å²) in [5, 5.41) is 2.44. The summed E-state index contributed by atoms with van der Waals surface area (Å²) in [7, 11) is 1.46. The third kappa shape index (κ3) is 2.28. The van der Waals surface area contributed by atoms with Gasteiger partial charge in [0.2, 0.25) is 0 Å². The second kappa shape index (κ2) is 4.66. The molecule has 0 aliphatic carbocycles. The highest BCUT2D eigenvalue weighted by atomic mass is 32.1. The van der Waals surface area contributed by atoms with E-state index in [9.17, 15) is 14.0 Å². The molecule has 1 heterocycles. The number of likely N-dealkylation sites (N-methyl/N-ethyl adjacent to an activating group) is 1. The molecule has 1 N–H and O–H groups in total. The first kappa shape index (κ1) is 12.4. The van der Waals surface area contributed by atoms with Crippen molar-refractivity contribution in [1.29, 1.82) is 0 Å². The molecule has 0 saturated carbocycles. The predicted molar refractivity (Wildman–Crippen MR) is 67.9 cm³/mol. The third-order valence-electron chi connectivity index (χ3n) is 2.46. The van der Waals surface area contributed by atoms with E-state index >= 15 is 0 Å². The van der Waals surface area contributed by atoms with Gasteiger partial charge >= 0.3 is 0 Å². The van der Waals surface area contributed by atoms with Gasteiger partial charge in [0.25, 0.3) is 11.8 Å². The first-order chi connectivity index (χ1) is 8.49. The number of rotatable bonds is 1. The van der Waals surface area contributed by atoms with Crippen LogP contribution in [-0.2, 0) is 9.59 Å². The lowest BCUT2D eigenvalue weighted by atomic mass is 10.1. The fourth-order valence-corrected chi connectivity index (χ4v) is 1.68. The number of hydrogen-bond donors (Lipinski definition) is 1. The molecule has 92 valence electrons. The normalized spacial score (nSPS) is 18.2. The van der Waals surface area contributed by atoms with Crippen LogP contribution >= 0.6 is 12.2 Å². The average Bonchev–Trinajstić information content (AvgIpc) is 2.32. The largest absolute Gasteiger partial charge is 0.298 e. The Morgan fingerprint density at radius 1 is 1.39 bits per heavy atom. The van der Waals surface area contributed by atoms with Crippen LogP contribution in [-0.4, -0.2) is 28.9 Å². The number of thiocarbonyl (C=S) groups is 1. The van der Waals surface area contributed by atoms with Gasteiger partial charge in [0.15, 0.2) is 5.11 Å². The summed E-state index contributed by atoms with van der Waals surface area (Å²) in [6, 6.07) is 5.62. The van der Waals surface area contributed by atoms with E-state index in [1.54, 1.807) is 6.07 Å². The number of nitrogens with zero attached hydrogens (tertiary/aromatic N) is 1. The van der Waals surface area contributed by atoms with Gasteiger partial charge in [-0.2, -0.15) is 0 Å². The Morgan fingerprint density at radius 3 is 2.78 bits per heavy atom. The van der Waals surface area contributed by atoms with Gasteiger partial charge in [-0.3, -0.25) is 19.8 Å². The van der Waals surface area contributed by atoms with E-state index in [0.717, 1.165) is 4.90 Å². The third-order valence-corrected chi connectivity index (χ3v) is 2.84. The fourth-order valence-electron chi connectivity index (χ4n) is 1.51. The second-order valence-corrected chi connectivity index (χ2v) is 4.12. The van der Waals surface area contributed by atoms with Gasteiger partial charge in [-0.05, 0) is 36.0 Å². The van der Waals surface area contributed by atoms with Gasteiger partial charge in [0.05, 0.1) is 0 Å². The lowest BCUT2D eigenvalue weighted by Crippen LogP contribution is -2.52. The molecule has 0 radical (unpaired) electrons. The average molecular weight is 264 g/mol. The van der Waals surface area contributed by atoms with Crippen LogP contribution in [0.2, 0.25) is 0 Å². The molecule has 18 heavy (non-hydrogen) atoms. The van der Waals surface area contributed by atoms with Crippen LogP contribution in [0.5, 0.6) is 0 Å². The molecule has 6 heteroatoms. The van der Waals surface area contributed by atoms with E-state index in [1.807, 2.05) is 0 Å². The van der Waals surface area contributed by atoms with E-state index in [4.69, 9.17) is 12.2 Å². The van der Waals surface area contributed by atoms with E-state index in [1.165, 1.54) is 31.3 Å². The Morgan fingerprint density at radius 2 is 2.11 bits per heavy atom. The van der Waals surface area contributed by atoms with Gasteiger partial charge in [0, 0.05) is 7.05 Å². The SMILES string of the molecule is CN1C(=O)/C(=C/c2cccc(F)c2)C(=O)NC1=S. The van der Waals surface area contributed by atoms with Crippen molar-refractivity contribution in [3.05, 3.63) is 41.2 Å². The molecule has 2 rings (SSSR count). The predicted octanol–water partition coefficient (Wildman–Crippen LogP) is 1.08. The van der Waals surface area contributed by atoms with E-state index in [0.29, 0.717) is 5.56 Å². The number of carbonyl (C=O) groups is 2. The van der Waals surface area contributed by atoms with Crippen molar-refractivity contribution >= 4 is 35.2 Å². The molecule has 1 aliphatic heterocycles. The molecule has 1 aromatic carbocycles. The summed E-state index contributed by atoms with van der Waals surface area (Å²) in [5.41, 5.74) is 0.367. The molecular weight excluding hydrogens is 255 g/mol. The number of carbonyl (C=O) groups excluding carboxylic acids is 2. The Bertz CT molecular complexity index is 583. The number of benzene rings is 1. The summed E-state index contributed by atoms with van der Waals surface area (Å²) >= 11 is 4.81. The molecule has 2 amide bonds. The van der Waals surface area contributed by atoms with Crippen LogP contribution in [0.1, 0.15) is 5.56 Å². The van der Waals surface area contributed by atoms with E-state index in [-0.39, 0.29) is 10.7 Å². The zero-order chi connectivity index (χ0) is 13.3. The molecule has 1 saturated heterocycles. The topological polar surface area (TPSA) is 49.4 Å². The summed E-state index contributed by atoms with van der Waals surface area (Å²) < 4.78 is 13.0. The Labute approximate surface area is 108 Å². The quantitative estimate of drug-likeness (QED) is 0.469. The smallest absolute Gasteiger partial charge is 0.265 e. The minimum absolute atomic E-state index is 0.0568. The molecule has 0 bridgehead atoms. The van der Waals surface area contributed by atoms with Crippen molar-refractivity contribution < 1.29 is 14.0 Å². The van der Waals surface area contributed by atoms with Crippen molar-refractivity contribution in [3.63, 3.8) is 0 Å². The number of hydrogen-bond acceptors (Lipinski definition) is 3. The molecular formula is C12H9FN2O2S. The maximum atomic E-state index is 13.0. The molecule has 1 aliphatic rings. The van der Waals surface area contributed by atoms with Crippen molar-refractivity contribution in [2.24, 2.45) is 0 Å². The maximum Gasteiger partial charge on any atom is 0.265 e. The molecule has 4 nitrogen and oxygen atoms in total. The van der Waals surface area contributed by atoms with Gasteiger partial charge in [-0.15, -0.1) is 0 Å². The zero-order valence-corrected chi connectivity index (χ0v) is 10.3. The second-order valence-electron chi connectivity index (χ2n) is 3.74. The fraction of sp³-hybridized carbons (Fsp3) is 0.0833. The van der Waals surface area contributed by atoms with Crippen LogP contribution in [0.15, 0.2) is 29.8 Å². The first-order valence-corrected chi connectivity index (χ1v) is 5.50. The van der Waals surface area contributed by atoms with Crippen LogP contribution in [0.4, 0.5) is 4.39 Å². The zero-order valence-electron chi connectivity index (χ0n) is 9.44. The molecule has 0 atom stereocenters. The van der Waals surface area contributed by atoms with Gasteiger partial charge in [-0.25, -0.2) is 4.39 Å². The van der Waals surface area contributed by atoms with Crippen molar-refractivity contribution in [2.75, 3.05) is 7.05 Å². The Balaban J connectivity index is 2.40. The van der Waals surface area contributed by atoms with Gasteiger partial charge in [-0.1, -0.05) is 12.1 Å². The lowest BCUT2D eigenvalue weighted by molar-refractivity contribution is -0.128. The summed E-state index contributed by atoms with van der Waals surface area (Å²) in [4.78, 5) is 24.6. The van der Waals surface area contributed by atoms with Crippen molar-refractivity contribution in [2.45, 2.75) is 0 Å². The lowest BCUT2D eigenvalue weighted by Gasteiger charge is -2.24.